The van der Waals surface area contributed by atoms with Gasteiger partial charge in [0.05, 0.1) is 0 Å². The smallest absolute Gasteiger partial charge is 0.119 e. The van der Waals surface area contributed by atoms with Crippen LogP contribution in [0.4, 0.5) is 0 Å². The Morgan fingerprint density at radius 1 is 1.38 bits per heavy atom. The number of allylic oxidation sites excluding steroid dienone is 5. The maximum absolute atomic E-state index is 5.40. The van der Waals surface area contributed by atoms with E-state index >= 15 is 0 Å². The number of hydrogen-bond acceptors (Lipinski definition) is 2. The molecule has 0 heterocycles. The first-order valence-corrected chi connectivity index (χ1v) is 4.56. The lowest BCUT2D eigenvalue weighted by Crippen LogP contribution is -2.07. The third kappa shape index (κ3) is 3.47. The molecule has 2 nitrogen and oxygen atoms in total. The second-order valence-electron chi connectivity index (χ2n) is 3.72. The quantitative estimate of drug-likeness (QED) is 0.719. The monoisotopic (exact) mass is 179 g/mol. The van der Waals surface area contributed by atoms with E-state index in [-0.39, 0.29) is 5.41 Å². The van der Waals surface area contributed by atoms with Gasteiger partial charge in [0, 0.05) is 12.0 Å². The van der Waals surface area contributed by atoms with E-state index in [0.29, 0.717) is 13.2 Å². The maximum atomic E-state index is 5.40. The van der Waals surface area contributed by atoms with E-state index in [2.05, 4.69) is 26.0 Å². The molecule has 0 amide bonds. The highest BCUT2D eigenvalue weighted by Crippen LogP contribution is 2.22. The molecule has 1 aliphatic rings. The Kier molecular flexibility index (Phi) is 3.32. The van der Waals surface area contributed by atoms with Crippen molar-refractivity contribution in [1.82, 2.24) is 0 Å². The SMILES string of the molecule is CC1(C)C=CC=C(OCCN)C=C1. The summed E-state index contributed by atoms with van der Waals surface area (Å²) in [5, 5.41) is 0. The van der Waals surface area contributed by atoms with Gasteiger partial charge in [-0.3, -0.25) is 0 Å². The highest BCUT2D eigenvalue weighted by Gasteiger charge is 2.10. The summed E-state index contributed by atoms with van der Waals surface area (Å²) in [5.74, 6) is 0.882. The summed E-state index contributed by atoms with van der Waals surface area (Å²) in [5.41, 5.74) is 5.46. The van der Waals surface area contributed by atoms with Crippen molar-refractivity contribution in [3.63, 3.8) is 0 Å². The van der Waals surface area contributed by atoms with E-state index < -0.39 is 0 Å². The van der Waals surface area contributed by atoms with E-state index in [0.717, 1.165) is 5.76 Å². The number of ether oxygens (including phenoxy) is 1. The van der Waals surface area contributed by atoms with Gasteiger partial charge in [-0.1, -0.05) is 32.1 Å². The molecule has 0 saturated carbocycles. The van der Waals surface area contributed by atoms with Crippen LogP contribution in [0.1, 0.15) is 13.8 Å². The van der Waals surface area contributed by atoms with E-state index in [9.17, 15) is 0 Å². The van der Waals surface area contributed by atoms with Crippen LogP contribution in [0.5, 0.6) is 0 Å². The average Bonchev–Trinajstić information content (AvgIpc) is 2.23. The third-order valence-corrected chi connectivity index (χ3v) is 1.85. The van der Waals surface area contributed by atoms with Crippen molar-refractivity contribution >= 4 is 0 Å². The predicted octanol–water partition coefficient (Wildman–Crippen LogP) is 2.00. The van der Waals surface area contributed by atoms with Crippen LogP contribution in [0.2, 0.25) is 0 Å². The van der Waals surface area contributed by atoms with E-state index in [4.69, 9.17) is 10.5 Å². The molecule has 0 aromatic heterocycles. The van der Waals surface area contributed by atoms with Gasteiger partial charge < -0.3 is 10.5 Å². The summed E-state index contributed by atoms with van der Waals surface area (Å²) < 4.78 is 5.40. The molecule has 0 aromatic carbocycles. The van der Waals surface area contributed by atoms with Crippen molar-refractivity contribution in [1.29, 1.82) is 0 Å². The number of hydrogen-bond donors (Lipinski definition) is 1. The highest BCUT2D eigenvalue weighted by molar-refractivity contribution is 5.27. The minimum atomic E-state index is 0.115. The second kappa shape index (κ2) is 4.28. The Labute approximate surface area is 79.8 Å². The van der Waals surface area contributed by atoms with Gasteiger partial charge in [-0.25, -0.2) is 0 Å². The van der Waals surface area contributed by atoms with Crippen LogP contribution in [0.25, 0.3) is 0 Å². The lowest BCUT2D eigenvalue weighted by molar-refractivity contribution is 0.233. The molecule has 0 spiro atoms. The Balaban J connectivity index is 2.60. The van der Waals surface area contributed by atoms with Crippen LogP contribution >= 0.6 is 0 Å². The van der Waals surface area contributed by atoms with Crippen molar-refractivity contribution in [3.05, 3.63) is 36.1 Å². The first-order chi connectivity index (χ1) is 6.14. The van der Waals surface area contributed by atoms with E-state index in [1.807, 2.05) is 18.2 Å². The molecule has 0 saturated heterocycles. The zero-order valence-corrected chi connectivity index (χ0v) is 8.29. The van der Waals surface area contributed by atoms with Crippen molar-refractivity contribution in [3.8, 4) is 0 Å². The fourth-order valence-corrected chi connectivity index (χ4v) is 1.07. The molecule has 2 N–H and O–H groups in total. The predicted molar refractivity (Wildman–Crippen MR) is 55.2 cm³/mol. The molecule has 2 heteroatoms. The summed E-state index contributed by atoms with van der Waals surface area (Å²) >= 11 is 0. The molecular formula is C11H17NO. The standard InChI is InChI=1S/C11H17NO/c1-11(2)6-3-4-10(5-7-11)13-9-8-12/h3-7H,8-9,12H2,1-2H3. The summed E-state index contributed by atoms with van der Waals surface area (Å²) in [6.45, 7) is 5.43. The van der Waals surface area contributed by atoms with E-state index in [1.54, 1.807) is 0 Å². The second-order valence-corrected chi connectivity index (χ2v) is 3.72. The van der Waals surface area contributed by atoms with Gasteiger partial charge in [0.15, 0.2) is 0 Å². The van der Waals surface area contributed by atoms with Crippen LogP contribution < -0.4 is 5.73 Å². The molecule has 1 aliphatic carbocycles. The van der Waals surface area contributed by atoms with Crippen LogP contribution in [-0.4, -0.2) is 13.2 Å². The van der Waals surface area contributed by atoms with Crippen LogP contribution in [0, 0.1) is 5.41 Å². The first kappa shape index (κ1) is 10.1. The molecule has 13 heavy (non-hydrogen) atoms. The van der Waals surface area contributed by atoms with Gasteiger partial charge in [-0.05, 0) is 12.2 Å². The third-order valence-electron chi connectivity index (χ3n) is 1.85. The normalized spacial score (nSPS) is 19.5. The number of nitrogens with two attached hydrogens (primary N) is 1. The first-order valence-electron chi connectivity index (χ1n) is 4.56. The van der Waals surface area contributed by atoms with Gasteiger partial charge in [-0.2, -0.15) is 0 Å². The zero-order valence-electron chi connectivity index (χ0n) is 8.29. The number of rotatable bonds is 3. The minimum absolute atomic E-state index is 0.115. The summed E-state index contributed by atoms with van der Waals surface area (Å²) in [4.78, 5) is 0. The Morgan fingerprint density at radius 3 is 2.85 bits per heavy atom. The lowest BCUT2D eigenvalue weighted by Gasteiger charge is -2.12. The zero-order chi connectivity index (χ0) is 9.73. The Bertz CT molecular complexity index is 249. The fraction of sp³-hybridized carbons (Fsp3) is 0.455. The molecule has 1 rings (SSSR count). The van der Waals surface area contributed by atoms with Crippen molar-refractivity contribution in [2.24, 2.45) is 11.1 Å². The fourth-order valence-electron chi connectivity index (χ4n) is 1.07. The van der Waals surface area contributed by atoms with Gasteiger partial charge in [-0.15, -0.1) is 0 Å². The Morgan fingerprint density at radius 2 is 2.15 bits per heavy atom. The topological polar surface area (TPSA) is 35.2 Å². The van der Waals surface area contributed by atoms with Gasteiger partial charge >= 0.3 is 0 Å². The molecule has 0 unspecified atom stereocenters. The molecule has 72 valence electrons. The lowest BCUT2D eigenvalue weighted by atomic mass is 9.93. The summed E-state index contributed by atoms with van der Waals surface area (Å²) in [6, 6.07) is 0. The van der Waals surface area contributed by atoms with Crippen LogP contribution in [0.3, 0.4) is 0 Å². The maximum Gasteiger partial charge on any atom is 0.119 e. The van der Waals surface area contributed by atoms with Crippen LogP contribution in [0.15, 0.2) is 36.1 Å². The molecule has 0 bridgehead atoms. The summed E-state index contributed by atoms with van der Waals surface area (Å²) in [6.07, 6.45) is 10.2. The molecule has 0 radical (unpaired) electrons. The largest absolute Gasteiger partial charge is 0.492 e. The minimum Gasteiger partial charge on any atom is -0.492 e. The highest BCUT2D eigenvalue weighted by atomic mass is 16.5. The summed E-state index contributed by atoms with van der Waals surface area (Å²) in [7, 11) is 0. The van der Waals surface area contributed by atoms with Crippen molar-refractivity contribution < 1.29 is 4.74 Å². The molecule has 0 atom stereocenters. The average molecular weight is 179 g/mol. The van der Waals surface area contributed by atoms with Gasteiger partial charge in [0.1, 0.15) is 12.4 Å². The van der Waals surface area contributed by atoms with Gasteiger partial charge in [0.2, 0.25) is 0 Å². The van der Waals surface area contributed by atoms with Crippen LogP contribution in [-0.2, 0) is 4.74 Å². The Hall–Kier alpha value is -1.02. The molecule has 0 fully saturated rings. The molecule has 0 aromatic rings. The van der Waals surface area contributed by atoms with Crippen molar-refractivity contribution in [2.75, 3.05) is 13.2 Å². The molecule has 0 aliphatic heterocycles. The molecular weight excluding hydrogens is 162 g/mol. The van der Waals surface area contributed by atoms with Gasteiger partial charge in [0.25, 0.3) is 0 Å². The van der Waals surface area contributed by atoms with Crippen molar-refractivity contribution in [2.45, 2.75) is 13.8 Å². The van der Waals surface area contributed by atoms with E-state index in [1.165, 1.54) is 0 Å².